The Morgan fingerprint density at radius 1 is 1.37 bits per heavy atom. The summed E-state index contributed by atoms with van der Waals surface area (Å²) in [6.45, 7) is 0.768. The number of sulfonamides is 1. The van der Waals surface area contributed by atoms with Crippen LogP contribution in [0.15, 0.2) is 6.07 Å². The molecule has 0 fully saturated rings. The Kier molecular flexibility index (Phi) is 5.93. The van der Waals surface area contributed by atoms with E-state index in [1.54, 1.807) is 20.2 Å². The van der Waals surface area contributed by atoms with Gasteiger partial charge in [-0.25, -0.2) is 23.5 Å². The molecule has 0 bridgehead atoms. The van der Waals surface area contributed by atoms with Crippen LogP contribution in [0.2, 0.25) is 0 Å². The van der Waals surface area contributed by atoms with Crippen molar-refractivity contribution in [1.82, 2.24) is 9.97 Å². The predicted octanol–water partition coefficient (Wildman–Crippen LogP) is -0.245. The molecule has 0 aliphatic carbocycles. The molecule has 0 saturated carbocycles. The third kappa shape index (κ3) is 6.32. The summed E-state index contributed by atoms with van der Waals surface area (Å²) in [6, 6.07) is 1.73. The number of methoxy groups -OCH3 is 1. The van der Waals surface area contributed by atoms with Gasteiger partial charge in [0, 0.05) is 26.8 Å². The van der Waals surface area contributed by atoms with Gasteiger partial charge in [-0.05, 0) is 6.42 Å². The predicted molar refractivity (Wildman–Crippen MR) is 73.4 cm³/mol. The van der Waals surface area contributed by atoms with Crippen molar-refractivity contribution in [2.24, 2.45) is 5.14 Å². The summed E-state index contributed by atoms with van der Waals surface area (Å²) >= 11 is 0. The number of nitrogens with one attached hydrogen (secondary N) is 2. The van der Waals surface area contributed by atoms with Crippen molar-refractivity contribution in [3.8, 4) is 0 Å². The normalized spacial score (nSPS) is 11.3. The number of primary sulfonamides is 1. The van der Waals surface area contributed by atoms with Crippen LogP contribution < -0.4 is 15.8 Å². The van der Waals surface area contributed by atoms with Crippen LogP contribution in [0.25, 0.3) is 0 Å². The lowest BCUT2D eigenvalue weighted by Gasteiger charge is -2.09. The number of hydrogen-bond acceptors (Lipinski definition) is 7. The second kappa shape index (κ2) is 7.22. The van der Waals surface area contributed by atoms with Gasteiger partial charge < -0.3 is 15.4 Å². The lowest BCUT2D eigenvalue weighted by molar-refractivity contribution is 0.178. The van der Waals surface area contributed by atoms with Crippen molar-refractivity contribution < 1.29 is 13.2 Å². The molecule has 19 heavy (non-hydrogen) atoms. The minimum absolute atomic E-state index is 0.0606. The van der Waals surface area contributed by atoms with Gasteiger partial charge >= 0.3 is 0 Å². The first-order valence-corrected chi connectivity index (χ1v) is 7.45. The zero-order valence-electron chi connectivity index (χ0n) is 11.0. The molecule has 0 radical (unpaired) electrons. The van der Waals surface area contributed by atoms with Crippen LogP contribution in [0.4, 0.5) is 11.6 Å². The maximum atomic E-state index is 10.8. The minimum atomic E-state index is -3.41. The first kappa shape index (κ1) is 15.6. The van der Waals surface area contributed by atoms with Gasteiger partial charge in [0.2, 0.25) is 10.0 Å². The van der Waals surface area contributed by atoms with E-state index in [0.717, 1.165) is 0 Å². The summed E-state index contributed by atoms with van der Waals surface area (Å²) < 4.78 is 26.5. The molecule has 0 saturated heterocycles. The van der Waals surface area contributed by atoms with Crippen LogP contribution in [0, 0.1) is 0 Å². The maximum absolute atomic E-state index is 10.8. The lowest BCUT2D eigenvalue weighted by atomic mass is 10.4. The van der Waals surface area contributed by atoms with E-state index in [1.165, 1.54) is 0 Å². The van der Waals surface area contributed by atoms with E-state index in [0.29, 0.717) is 37.0 Å². The molecule has 0 aliphatic rings. The summed E-state index contributed by atoms with van der Waals surface area (Å²) in [4.78, 5) is 8.44. The lowest BCUT2D eigenvalue weighted by Crippen LogP contribution is -2.19. The molecule has 1 aromatic heterocycles. The second-order valence-corrected chi connectivity index (χ2v) is 5.62. The quantitative estimate of drug-likeness (QED) is 0.565. The van der Waals surface area contributed by atoms with Crippen LogP contribution in [-0.4, -0.2) is 44.8 Å². The van der Waals surface area contributed by atoms with E-state index < -0.39 is 10.0 Å². The Morgan fingerprint density at radius 2 is 2.05 bits per heavy atom. The highest BCUT2D eigenvalue weighted by Gasteiger charge is 2.05. The molecule has 0 amide bonds. The SMILES string of the molecule is CNc1cc(NCCCS(N)(=O)=O)nc(COC)n1. The molecule has 0 aromatic carbocycles. The molecule has 0 unspecified atom stereocenters. The molecule has 9 heteroatoms. The van der Waals surface area contributed by atoms with Crippen molar-refractivity contribution in [2.45, 2.75) is 13.0 Å². The monoisotopic (exact) mass is 289 g/mol. The average molecular weight is 289 g/mol. The van der Waals surface area contributed by atoms with Gasteiger partial charge in [-0.3, -0.25) is 0 Å². The van der Waals surface area contributed by atoms with E-state index in [4.69, 9.17) is 9.88 Å². The number of ether oxygens (including phenoxy) is 1. The summed E-state index contributed by atoms with van der Waals surface area (Å²) in [5.74, 6) is 1.76. The van der Waals surface area contributed by atoms with Gasteiger partial charge in [0.1, 0.15) is 18.2 Å². The highest BCUT2D eigenvalue weighted by atomic mass is 32.2. The van der Waals surface area contributed by atoms with Crippen molar-refractivity contribution in [1.29, 1.82) is 0 Å². The second-order valence-electron chi connectivity index (χ2n) is 3.88. The zero-order chi connectivity index (χ0) is 14.3. The largest absolute Gasteiger partial charge is 0.377 e. The van der Waals surface area contributed by atoms with Gasteiger partial charge in [0.25, 0.3) is 0 Å². The fourth-order valence-corrected chi connectivity index (χ4v) is 1.95. The fourth-order valence-electron chi connectivity index (χ4n) is 1.40. The van der Waals surface area contributed by atoms with Crippen LogP contribution >= 0.6 is 0 Å². The smallest absolute Gasteiger partial charge is 0.209 e. The molecule has 108 valence electrons. The minimum Gasteiger partial charge on any atom is -0.377 e. The van der Waals surface area contributed by atoms with E-state index >= 15 is 0 Å². The topological polar surface area (TPSA) is 119 Å². The third-order valence-corrected chi connectivity index (χ3v) is 3.07. The Bertz CT molecular complexity index is 506. The number of aromatic nitrogens is 2. The number of rotatable bonds is 8. The Morgan fingerprint density at radius 3 is 2.63 bits per heavy atom. The third-order valence-electron chi connectivity index (χ3n) is 2.21. The van der Waals surface area contributed by atoms with Gasteiger partial charge in [-0.2, -0.15) is 0 Å². The van der Waals surface area contributed by atoms with Crippen LogP contribution in [-0.2, 0) is 21.4 Å². The van der Waals surface area contributed by atoms with Crippen molar-refractivity contribution in [2.75, 3.05) is 37.1 Å². The van der Waals surface area contributed by atoms with Gasteiger partial charge in [0.15, 0.2) is 5.82 Å². The summed E-state index contributed by atoms with van der Waals surface area (Å²) in [6.07, 6.45) is 0.414. The van der Waals surface area contributed by atoms with Crippen molar-refractivity contribution >= 4 is 21.7 Å². The molecule has 1 aromatic rings. The highest BCUT2D eigenvalue weighted by molar-refractivity contribution is 7.89. The Balaban J connectivity index is 2.59. The molecule has 4 N–H and O–H groups in total. The molecule has 0 atom stereocenters. The van der Waals surface area contributed by atoms with Gasteiger partial charge in [0.05, 0.1) is 5.75 Å². The first-order chi connectivity index (χ1) is 8.94. The summed E-state index contributed by atoms with van der Waals surface area (Å²) in [7, 11) is -0.0955. The van der Waals surface area contributed by atoms with Crippen LogP contribution in [0.1, 0.15) is 12.2 Å². The van der Waals surface area contributed by atoms with Crippen LogP contribution in [0.3, 0.4) is 0 Å². The maximum Gasteiger partial charge on any atom is 0.209 e. The van der Waals surface area contributed by atoms with E-state index in [-0.39, 0.29) is 5.75 Å². The summed E-state index contributed by atoms with van der Waals surface area (Å²) in [5.41, 5.74) is 0. The summed E-state index contributed by atoms with van der Waals surface area (Å²) in [5, 5.41) is 10.9. The number of anilines is 2. The molecule has 0 aliphatic heterocycles. The van der Waals surface area contributed by atoms with Gasteiger partial charge in [-0.15, -0.1) is 0 Å². The van der Waals surface area contributed by atoms with Gasteiger partial charge in [-0.1, -0.05) is 0 Å². The Labute approximate surface area is 112 Å². The van der Waals surface area contributed by atoms with E-state index in [9.17, 15) is 8.42 Å². The molecular weight excluding hydrogens is 270 g/mol. The van der Waals surface area contributed by atoms with Crippen molar-refractivity contribution in [3.63, 3.8) is 0 Å². The first-order valence-electron chi connectivity index (χ1n) is 5.73. The molecule has 0 spiro atoms. The number of nitrogens with two attached hydrogens (primary N) is 1. The molecule has 8 nitrogen and oxygen atoms in total. The van der Waals surface area contributed by atoms with E-state index in [1.807, 2.05) is 0 Å². The Hall–Kier alpha value is -1.45. The van der Waals surface area contributed by atoms with E-state index in [2.05, 4.69) is 20.6 Å². The van der Waals surface area contributed by atoms with Crippen molar-refractivity contribution in [3.05, 3.63) is 11.9 Å². The number of hydrogen-bond donors (Lipinski definition) is 3. The number of nitrogens with zero attached hydrogens (tertiary/aromatic N) is 2. The molecule has 1 rings (SSSR count). The molecular formula is C10H19N5O3S. The standard InChI is InChI=1S/C10H19N5O3S/c1-12-8-6-9(15-10(14-8)7-18-2)13-4-3-5-19(11,16)17/h6H,3-5,7H2,1-2H3,(H2,11,16,17)(H2,12,13,14,15). The zero-order valence-corrected chi connectivity index (χ0v) is 11.8. The molecule has 1 heterocycles. The highest BCUT2D eigenvalue weighted by Crippen LogP contribution is 2.11. The average Bonchev–Trinajstić information content (AvgIpc) is 2.34. The van der Waals surface area contributed by atoms with Crippen LogP contribution in [0.5, 0.6) is 0 Å². The fraction of sp³-hybridized carbons (Fsp3) is 0.600.